The Balaban J connectivity index is 2.32. The van der Waals surface area contributed by atoms with Gasteiger partial charge in [-0.2, -0.15) is 8.42 Å². The molecule has 0 aliphatic carbocycles. The number of esters is 1. The molecule has 0 spiro atoms. The zero-order chi connectivity index (χ0) is 18.6. The molecule has 1 atom stereocenters. The van der Waals surface area contributed by atoms with E-state index < -0.39 is 16.0 Å². The number of methoxy groups -OCH3 is 1. The maximum Gasteiger partial charge on any atom is 0.339 e. The summed E-state index contributed by atoms with van der Waals surface area (Å²) in [7, 11) is -2.60. The van der Waals surface area contributed by atoms with Gasteiger partial charge in [0.1, 0.15) is 10.6 Å². The normalized spacial score (nSPS) is 12.7. The molecule has 2 rings (SSSR count). The Morgan fingerprint density at radius 2 is 1.68 bits per heavy atom. The summed E-state index contributed by atoms with van der Waals surface area (Å²) in [4.78, 5) is 12.1. The molecule has 0 bridgehead atoms. The molecular formula is C19H22O5S. The van der Waals surface area contributed by atoms with Crippen molar-refractivity contribution in [1.82, 2.24) is 0 Å². The highest BCUT2D eigenvalue weighted by Crippen LogP contribution is 2.29. The Labute approximate surface area is 148 Å². The van der Waals surface area contributed by atoms with E-state index in [2.05, 4.69) is 0 Å². The van der Waals surface area contributed by atoms with Crippen LogP contribution in [0.15, 0.2) is 53.4 Å². The number of rotatable bonds is 6. The third-order valence-electron chi connectivity index (χ3n) is 3.85. The first-order valence-electron chi connectivity index (χ1n) is 7.93. The summed E-state index contributed by atoms with van der Waals surface area (Å²) in [6.07, 6.45) is 0. The van der Waals surface area contributed by atoms with Gasteiger partial charge in [0.25, 0.3) is 0 Å². The van der Waals surface area contributed by atoms with Crippen molar-refractivity contribution in [3.05, 3.63) is 59.7 Å². The fraction of sp³-hybridized carbons (Fsp3) is 0.316. The third-order valence-corrected chi connectivity index (χ3v) is 5.12. The summed E-state index contributed by atoms with van der Waals surface area (Å²) < 4.78 is 34.9. The second-order valence-corrected chi connectivity index (χ2v) is 7.71. The second-order valence-electron chi connectivity index (χ2n) is 6.17. The Morgan fingerprint density at radius 1 is 1.04 bits per heavy atom. The molecule has 0 aliphatic rings. The molecule has 0 fully saturated rings. The summed E-state index contributed by atoms with van der Waals surface area (Å²) in [6.45, 7) is 5.68. The predicted octanol–water partition coefficient (Wildman–Crippen LogP) is 3.68. The molecule has 0 N–H and O–H groups in total. The van der Waals surface area contributed by atoms with Crippen LogP contribution < -0.4 is 4.18 Å². The second kappa shape index (κ2) is 7.70. The van der Waals surface area contributed by atoms with Crippen molar-refractivity contribution >= 4 is 16.1 Å². The van der Waals surface area contributed by atoms with Gasteiger partial charge in [-0.05, 0) is 42.7 Å². The highest BCUT2D eigenvalue weighted by molar-refractivity contribution is 7.87. The van der Waals surface area contributed by atoms with E-state index >= 15 is 0 Å². The monoisotopic (exact) mass is 362 g/mol. The van der Waals surface area contributed by atoms with Crippen molar-refractivity contribution in [2.45, 2.75) is 31.6 Å². The molecule has 6 heteroatoms. The lowest BCUT2D eigenvalue weighted by Crippen LogP contribution is -2.19. The van der Waals surface area contributed by atoms with E-state index in [1.807, 2.05) is 20.8 Å². The maximum absolute atomic E-state index is 12.4. The number of benzene rings is 2. The lowest BCUT2D eigenvalue weighted by Gasteiger charge is -2.19. The number of hydrogen-bond donors (Lipinski definition) is 0. The molecule has 0 heterocycles. The Hall–Kier alpha value is -2.34. The van der Waals surface area contributed by atoms with E-state index in [1.54, 1.807) is 36.4 Å². The van der Waals surface area contributed by atoms with E-state index in [-0.39, 0.29) is 22.5 Å². The van der Waals surface area contributed by atoms with Gasteiger partial charge in [-0.3, -0.25) is 4.79 Å². The Kier molecular flexibility index (Phi) is 5.85. The van der Waals surface area contributed by atoms with Crippen molar-refractivity contribution in [2.24, 2.45) is 5.92 Å². The van der Waals surface area contributed by atoms with Crippen LogP contribution in [0.25, 0.3) is 0 Å². The van der Waals surface area contributed by atoms with Gasteiger partial charge in [0.2, 0.25) is 0 Å². The number of aryl methyl sites for hydroxylation is 1. The van der Waals surface area contributed by atoms with Gasteiger partial charge in [0.15, 0.2) is 0 Å². The first kappa shape index (κ1) is 19.0. The predicted molar refractivity (Wildman–Crippen MR) is 95.0 cm³/mol. The first-order valence-corrected chi connectivity index (χ1v) is 9.34. The SMILES string of the molecule is COC(=O)C(c1cccc(OS(=O)(=O)c2ccc(C)cc2)c1)C(C)C. The highest BCUT2D eigenvalue weighted by Gasteiger charge is 2.26. The Morgan fingerprint density at radius 3 is 2.24 bits per heavy atom. The molecule has 134 valence electrons. The largest absolute Gasteiger partial charge is 0.469 e. The zero-order valence-corrected chi connectivity index (χ0v) is 15.5. The molecule has 5 nitrogen and oxygen atoms in total. The minimum absolute atomic E-state index is 0.00333. The highest BCUT2D eigenvalue weighted by atomic mass is 32.2. The van der Waals surface area contributed by atoms with Gasteiger partial charge in [-0.25, -0.2) is 0 Å². The third kappa shape index (κ3) is 4.60. The molecule has 0 saturated heterocycles. The fourth-order valence-electron chi connectivity index (χ4n) is 2.56. The maximum atomic E-state index is 12.4. The quantitative estimate of drug-likeness (QED) is 0.579. The van der Waals surface area contributed by atoms with Gasteiger partial charge in [-0.15, -0.1) is 0 Å². The average Bonchev–Trinajstić information content (AvgIpc) is 2.54. The van der Waals surface area contributed by atoms with Crippen molar-refractivity contribution < 1.29 is 22.1 Å². The number of carbonyl (C=O) groups excluding carboxylic acids is 1. The molecule has 0 saturated carbocycles. The summed E-state index contributed by atoms with van der Waals surface area (Å²) in [5.74, 6) is -0.701. The molecular weight excluding hydrogens is 340 g/mol. The van der Waals surface area contributed by atoms with Crippen molar-refractivity contribution in [1.29, 1.82) is 0 Å². The van der Waals surface area contributed by atoms with Crippen LogP contribution in [0.1, 0.15) is 30.9 Å². The number of carbonyl (C=O) groups is 1. The molecule has 1 unspecified atom stereocenters. The van der Waals surface area contributed by atoms with Crippen molar-refractivity contribution in [2.75, 3.05) is 7.11 Å². The van der Waals surface area contributed by atoms with E-state index in [4.69, 9.17) is 8.92 Å². The van der Waals surface area contributed by atoms with E-state index in [0.29, 0.717) is 5.56 Å². The van der Waals surface area contributed by atoms with E-state index in [1.165, 1.54) is 19.2 Å². The molecule has 25 heavy (non-hydrogen) atoms. The molecule has 2 aromatic rings. The topological polar surface area (TPSA) is 69.7 Å². The lowest BCUT2D eigenvalue weighted by molar-refractivity contribution is -0.143. The lowest BCUT2D eigenvalue weighted by atomic mass is 9.88. The van der Waals surface area contributed by atoms with Crippen LogP contribution in [0.2, 0.25) is 0 Å². The summed E-state index contributed by atoms with van der Waals surface area (Å²) in [5.41, 5.74) is 1.61. The van der Waals surface area contributed by atoms with Crippen LogP contribution in [0, 0.1) is 12.8 Å². The van der Waals surface area contributed by atoms with Crippen LogP contribution in [-0.2, 0) is 19.6 Å². The van der Waals surface area contributed by atoms with Gasteiger partial charge < -0.3 is 8.92 Å². The minimum Gasteiger partial charge on any atom is -0.469 e. The average molecular weight is 362 g/mol. The molecule has 2 aromatic carbocycles. The molecule has 0 aromatic heterocycles. The smallest absolute Gasteiger partial charge is 0.339 e. The van der Waals surface area contributed by atoms with Crippen LogP contribution in [0.4, 0.5) is 0 Å². The van der Waals surface area contributed by atoms with Crippen molar-refractivity contribution in [3.63, 3.8) is 0 Å². The minimum atomic E-state index is -3.93. The number of hydrogen-bond acceptors (Lipinski definition) is 5. The summed E-state index contributed by atoms with van der Waals surface area (Å²) in [6, 6.07) is 12.9. The van der Waals surface area contributed by atoms with Crippen LogP contribution in [0.5, 0.6) is 5.75 Å². The van der Waals surface area contributed by atoms with Crippen LogP contribution >= 0.6 is 0 Å². The summed E-state index contributed by atoms with van der Waals surface area (Å²) in [5, 5.41) is 0. The van der Waals surface area contributed by atoms with Crippen LogP contribution in [0.3, 0.4) is 0 Å². The fourth-order valence-corrected chi connectivity index (χ4v) is 3.48. The van der Waals surface area contributed by atoms with Crippen molar-refractivity contribution in [3.8, 4) is 5.75 Å². The Bertz CT molecular complexity index is 838. The van der Waals surface area contributed by atoms with Gasteiger partial charge in [0, 0.05) is 0 Å². The summed E-state index contributed by atoms with van der Waals surface area (Å²) >= 11 is 0. The first-order chi connectivity index (χ1) is 11.7. The standard InChI is InChI=1S/C19H22O5S/c1-13(2)18(19(20)23-4)15-6-5-7-16(12-15)24-25(21,22)17-10-8-14(3)9-11-17/h5-13,18H,1-4H3. The van der Waals surface area contributed by atoms with Crippen LogP contribution in [-0.4, -0.2) is 21.5 Å². The zero-order valence-electron chi connectivity index (χ0n) is 14.7. The van der Waals surface area contributed by atoms with E-state index in [0.717, 1.165) is 5.56 Å². The van der Waals surface area contributed by atoms with Gasteiger partial charge in [-0.1, -0.05) is 43.7 Å². The molecule has 0 aliphatic heterocycles. The number of ether oxygens (including phenoxy) is 1. The molecule has 0 radical (unpaired) electrons. The van der Waals surface area contributed by atoms with Gasteiger partial charge in [0.05, 0.1) is 13.0 Å². The molecule has 0 amide bonds. The van der Waals surface area contributed by atoms with E-state index in [9.17, 15) is 13.2 Å². The van der Waals surface area contributed by atoms with Gasteiger partial charge >= 0.3 is 16.1 Å².